The first kappa shape index (κ1) is 13.6. The Morgan fingerprint density at radius 2 is 1.79 bits per heavy atom. The molecule has 0 aromatic heterocycles. The largest absolute Gasteiger partial charge is 0.497 e. The molecule has 2 heteroatoms. The van der Waals surface area contributed by atoms with Crippen LogP contribution in [0.15, 0.2) is 54.6 Å². The Balaban J connectivity index is 2.06. The normalized spacial score (nSPS) is 12.4. The van der Waals surface area contributed by atoms with Crippen molar-refractivity contribution in [1.29, 1.82) is 0 Å². The summed E-state index contributed by atoms with van der Waals surface area (Å²) < 4.78 is 5.26. The number of benzene rings is 2. The molecule has 0 aliphatic heterocycles. The summed E-state index contributed by atoms with van der Waals surface area (Å²) in [7, 11) is 3.85. The molecule has 0 heterocycles. The maximum Gasteiger partial charge on any atom is 0.119 e. The predicted octanol–water partition coefficient (Wildman–Crippen LogP) is 3.89. The van der Waals surface area contributed by atoms with Crippen molar-refractivity contribution in [2.24, 2.45) is 0 Å². The number of rotatable bonds is 5. The SMILES string of the molecule is COc1cccc(CN(C)C(C)c2ccccc2)c1. The Labute approximate surface area is 115 Å². The van der Waals surface area contributed by atoms with E-state index in [1.54, 1.807) is 7.11 Å². The lowest BCUT2D eigenvalue weighted by molar-refractivity contribution is 0.252. The van der Waals surface area contributed by atoms with Crippen molar-refractivity contribution in [2.75, 3.05) is 14.2 Å². The van der Waals surface area contributed by atoms with E-state index in [4.69, 9.17) is 4.74 Å². The van der Waals surface area contributed by atoms with E-state index >= 15 is 0 Å². The van der Waals surface area contributed by atoms with Gasteiger partial charge in [-0.3, -0.25) is 4.90 Å². The summed E-state index contributed by atoms with van der Waals surface area (Å²) in [5, 5.41) is 0. The Kier molecular flexibility index (Phi) is 4.58. The lowest BCUT2D eigenvalue weighted by Gasteiger charge is -2.25. The molecule has 1 atom stereocenters. The van der Waals surface area contributed by atoms with Gasteiger partial charge in [0, 0.05) is 12.6 Å². The summed E-state index contributed by atoms with van der Waals surface area (Å²) in [6, 6.07) is 19.2. The van der Waals surface area contributed by atoms with Crippen molar-refractivity contribution in [3.8, 4) is 5.75 Å². The molecule has 1 unspecified atom stereocenters. The number of hydrogen-bond acceptors (Lipinski definition) is 2. The lowest BCUT2D eigenvalue weighted by Crippen LogP contribution is -2.21. The smallest absolute Gasteiger partial charge is 0.119 e. The summed E-state index contributed by atoms with van der Waals surface area (Å²) >= 11 is 0. The molecule has 0 spiro atoms. The molecule has 0 saturated carbocycles. The highest BCUT2D eigenvalue weighted by molar-refractivity contribution is 5.28. The average molecular weight is 255 g/mol. The third-order valence-electron chi connectivity index (χ3n) is 3.51. The quantitative estimate of drug-likeness (QED) is 0.803. The van der Waals surface area contributed by atoms with Crippen LogP contribution < -0.4 is 4.74 Å². The molecule has 0 radical (unpaired) electrons. The van der Waals surface area contributed by atoms with Gasteiger partial charge in [0.1, 0.15) is 5.75 Å². The number of hydrogen-bond donors (Lipinski definition) is 0. The van der Waals surface area contributed by atoms with E-state index in [1.807, 2.05) is 12.1 Å². The van der Waals surface area contributed by atoms with Gasteiger partial charge in [-0.2, -0.15) is 0 Å². The molecule has 0 aliphatic rings. The molecule has 0 bridgehead atoms. The zero-order valence-corrected chi connectivity index (χ0v) is 11.8. The van der Waals surface area contributed by atoms with Crippen LogP contribution in [0.3, 0.4) is 0 Å². The van der Waals surface area contributed by atoms with E-state index < -0.39 is 0 Å². The topological polar surface area (TPSA) is 12.5 Å². The first-order valence-electron chi connectivity index (χ1n) is 6.59. The summed E-state index contributed by atoms with van der Waals surface area (Å²) in [6.45, 7) is 3.14. The van der Waals surface area contributed by atoms with Gasteiger partial charge in [-0.15, -0.1) is 0 Å². The van der Waals surface area contributed by atoms with Crippen LogP contribution in [0.5, 0.6) is 5.75 Å². The fourth-order valence-electron chi connectivity index (χ4n) is 2.18. The minimum Gasteiger partial charge on any atom is -0.497 e. The first-order valence-corrected chi connectivity index (χ1v) is 6.59. The molecule has 0 amide bonds. The van der Waals surface area contributed by atoms with Gasteiger partial charge in [0.25, 0.3) is 0 Å². The van der Waals surface area contributed by atoms with Gasteiger partial charge in [0.2, 0.25) is 0 Å². The highest BCUT2D eigenvalue weighted by Gasteiger charge is 2.11. The van der Waals surface area contributed by atoms with Crippen LogP contribution in [0.4, 0.5) is 0 Å². The van der Waals surface area contributed by atoms with Gasteiger partial charge in [-0.1, -0.05) is 42.5 Å². The van der Waals surface area contributed by atoms with Crippen LogP contribution in [0.25, 0.3) is 0 Å². The fraction of sp³-hybridized carbons (Fsp3) is 0.294. The summed E-state index contributed by atoms with van der Waals surface area (Å²) in [4.78, 5) is 2.34. The fourth-order valence-corrected chi connectivity index (χ4v) is 2.18. The third kappa shape index (κ3) is 3.58. The highest BCUT2D eigenvalue weighted by Crippen LogP contribution is 2.21. The van der Waals surface area contributed by atoms with Gasteiger partial charge in [-0.05, 0) is 37.2 Å². The van der Waals surface area contributed by atoms with Crippen LogP contribution in [-0.2, 0) is 6.54 Å². The zero-order valence-electron chi connectivity index (χ0n) is 11.8. The van der Waals surface area contributed by atoms with Gasteiger partial charge >= 0.3 is 0 Å². The summed E-state index contributed by atoms with van der Waals surface area (Å²) in [6.07, 6.45) is 0. The molecular weight excluding hydrogens is 234 g/mol. The van der Waals surface area contributed by atoms with Gasteiger partial charge in [-0.25, -0.2) is 0 Å². The summed E-state index contributed by atoms with van der Waals surface area (Å²) in [5.74, 6) is 0.915. The van der Waals surface area contributed by atoms with Crippen molar-refractivity contribution in [2.45, 2.75) is 19.5 Å². The summed E-state index contributed by atoms with van der Waals surface area (Å²) in [5.41, 5.74) is 2.61. The molecule has 2 aromatic rings. The molecule has 0 saturated heterocycles. The first-order chi connectivity index (χ1) is 9.20. The van der Waals surface area contributed by atoms with Crippen LogP contribution in [-0.4, -0.2) is 19.1 Å². The molecule has 19 heavy (non-hydrogen) atoms. The molecule has 2 aromatic carbocycles. The van der Waals surface area contributed by atoms with E-state index in [9.17, 15) is 0 Å². The monoisotopic (exact) mass is 255 g/mol. The molecule has 100 valence electrons. The molecule has 0 aliphatic carbocycles. The van der Waals surface area contributed by atoms with Crippen LogP contribution in [0.2, 0.25) is 0 Å². The van der Waals surface area contributed by atoms with Crippen LogP contribution in [0, 0.1) is 0 Å². The minimum absolute atomic E-state index is 0.396. The molecule has 2 nitrogen and oxygen atoms in total. The van der Waals surface area contributed by atoms with E-state index in [2.05, 4.69) is 61.3 Å². The molecular formula is C17H21NO. The molecule has 0 fully saturated rings. The van der Waals surface area contributed by atoms with Crippen molar-refractivity contribution < 1.29 is 4.74 Å². The second-order valence-corrected chi connectivity index (χ2v) is 4.85. The van der Waals surface area contributed by atoms with E-state index in [0.29, 0.717) is 6.04 Å². The maximum atomic E-state index is 5.26. The maximum absolute atomic E-state index is 5.26. The van der Waals surface area contributed by atoms with Gasteiger partial charge in [0.15, 0.2) is 0 Å². The second-order valence-electron chi connectivity index (χ2n) is 4.85. The van der Waals surface area contributed by atoms with E-state index in [-0.39, 0.29) is 0 Å². The number of ether oxygens (including phenoxy) is 1. The van der Waals surface area contributed by atoms with Crippen LogP contribution >= 0.6 is 0 Å². The van der Waals surface area contributed by atoms with Crippen molar-refractivity contribution >= 4 is 0 Å². The Morgan fingerprint density at radius 3 is 2.47 bits per heavy atom. The van der Waals surface area contributed by atoms with E-state index in [1.165, 1.54) is 11.1 Å². The molecule has 2 rings (SSSR count). The predicted molar refractivity (Wildman–Crippen MR) is 79.3 cm³/mol. The molecule has 0 N–H and O–H groups in total. The lowest BCUT2D eigenvalue weighted by atomic mass is 10.1. The van der Waals surface area contributed by atoms with Crippen LogP contribution in [0.1, 0.15) is 24.1 Å². The van der Waals surface area contributed by atoms with Gasteiger partial charge in [0.05, 0.1) is 7.11 Å². The second kappa shape index (κ2) is 6.39. The minimum atomic E-state index is 0.396. The Bertz CT molecular complexity index is 510. The van der Waals surface area contributed by atoms with E-state index in [0.717, 1.165) is 12.3 Å². The standard InChI is InChI=1S/C17H21NO/c1-14(16-9-5-4-6-10-16)18(2)13-15-8-7-11-17(12-15)19-3/h4-12,14H,13H2,1-3H3. The Morgan fingerprint density at radius 1 is 1.05 bits per heavy atom. The number of methoxy groups -OCH3 is 1. The Hall–Kier alpha value is -1.80. The van der Waals surface area contributed by atoms with Crippen molar-refractivity contribution in [3.63, 3.8) is 0 Å². The van der Waals surface area contributed by atoms with Crippen molar-refractivity contribution in [3.05, 3.63) is 65.7 Å². The zero-order chi connectivity index (χ0) is 13.7. The number of nitrogens with zero attached hydrogens (tertiary/aromatic N) is 1. The third-order valence-corrected chi connectivity index (χ3v) is 3.51. The van der Waals surface area contributed by atoms with Crippen molar-refractivity contribution in [1.82, 2.24) is 4.90 Å². The average Bonchev–Trinajstić information content (AvgIpc) is 2.47. The van der Waals surface area contributed by atoms with Gasteiger partial charge < -0.3 is 4.74 Å². The highest BCUT2D eigenvalue weighted by atomic mass is 16.5.